The van der Waals surface area contributed by atoms with Crippen LogP contribution in [-0.2, 0) is 17.8 Å². The van der Waals surface area contributed by atoms with E-state index in [1.54, 1.807) is 6.20 Å². The van der Waals surface area contributed by atoms with Crippen LogP contribution in [0, 0.1) is 0 Å². The summed E-state index contributed by atoms with van der Waals surface area (Å²) in [6.07, 6.45) is 4.52. The van der Waals surface area contributed by atoms with E-state index in [0.29, 0.717) is 6.54 Å². The van der Waals surface area contributed by atoms with Gasteiger partial charge in [0.25, 0.3) is 0 Å². The Balaban J connectivity index is 1.64. The quantitative estimate of drug-likeness (QED) is 0.904. The fourth-order valence-electron chi connectivity index (χ4n) is 3.34. The second-order valence-electron chi connectivity index (χ2n) is 7.72. The van der Waals surface area contributed by atoms with Gasteiger partial charge in [0.2, 0.25) is 5.91 Å². The fraction of sp³-hybridized carbons (Fsp3) is 0.500. The summed E-state index contributed by atoms with van der Waals surface area (Å²) in [5, 5.41) is 3.04. The number of amides is 1. The molecule has 3 rings (SSSR count). The second-order valence-corrected chi connectivity index (χ2v) is 7.72. The first-order valence-corrected chi connectivity index (χ1v) is 8.88. The van der Waals surface area contributed by atoms with E-state index in [4.69, 9.17) is 4.74 Å². The number of hydrogen-bond acceptors (Lipinski definition) is 3. The highest BCUT2D eigenvalue weighted by molar-refractivity contribution is 5.80. The zero-order chi connectivity index (χ0) is 18.2. The van der Waals surface area contributed by atoms with Gasteiger partial charge in [-0.05, 0) is 38.0 Å². The van der Waals surface area contributed by atoms with E-state index < -0.39 is 0 Å². The molecule has 2 aromatic rings. The molecule has 0 radical (unpaired) electrons. The highest BCUT2D eigenvalue weighted by atomic mass is 16.5. The van der Waals surface area contributed by atoms with E-state index in [1.165, 1.54) is 5.56 Å². The van der Waals surface area contributed by atoms with Crippen molar-refractivity contribution in [1.29, 1.82) is 0 Å². The molecule has 0 fully saturated rings. The van der Waals surface area contributed by atoms with Gasteiger partial charge in [-0.1, -0.05) is 26.0 Å². The topological polar surface area (TPSA) is 56.2 Å². The molecule has 0 spiro atoms. The molecule has 1 aliphatic rings. The lowest BCUT2D eigenvalue weighted by Crippen LogP contribution is -2.31. The van der Waals surface area contributed by atoms with E-state index in [9.17, 15) is 4.79 Å². The van der Waals surface area contributed by atoms with Crippen LogP contribution in [0.3, 0.4) is 0 Å². The predicted molar refractivity (Wildman–Crippen MR) is 97.7 cm³/mol. The monoisotopic (exact) mass is 341 g/mol. The summed E-state index contributed by atoms with van der Waals surface area (Å²) in [5.74, 6) is 2.16. The molecule has 5 nitrogen and oxygen atoms in total. The molecule has 0 aliphatic carbocycles. The molecule has 0 saturated carbocycles. The van der Waals surface area contributed by atoms with Crippen molar-refractivity contribution in [2.45, 2.75) is 65.1 Å². The van der Waals surface area contributed by atoms with Crippen molar-refractivity contribution in [3.63, 3.8) is 0 Å². The molecule has 1 unspecified atom stereocenters. The third-order valence-corrected chi connectivity index (χ3v) is 4.61. The average molecular weight is 341 g/mol. The number of carbonyl (C=O) groups is 1. The van der Waals surface area contributed by atoms with Crippen molar-refractivity contribution in [2.75, 3.05) is 0 Å². The molecule has 134 valence electrons. The van der Waals surface area contributed by atoms with Crippen LogP contribution in [0.2, 0.25) is 0 Å². The van der Waals surface area contributed by atoms with Gasteiger partial charge in [-0.3, -0.25) is 4.79 Å². The van der Waals surface area contributed by atoms with Crippen LogP contribution >= 0.6 is 0 Å². The van der Waals surface area contributed by atoms with Crippen LogP contribution < -0.4 is 10.1 Å². The van der Waals surface area contributed by atoms with Crippen molar-refractivity contribution in [2.24, 2.45) is 0 Å². The SMILES string of the molecule is CC(C)c1nccn1C(C)C(=O)NCc1ccc2c(c1)CC(C)(C)O2. The molecule has 1 atom stereocenters. The van der Waals surface area contributed by atoms with Gasteiger partial charge in [0.05, 0.1) is 0 Å². The molecular formula is C20H27N3O2. The number of nitrogens with one attached hydrogen (secondary N) is 1. The number of aromatic nitrogens is 2. The Morgan fingerprint density at radius 3 is 2.84 bits per heavy atom. The van der Waals surface area contributed by atoms with Crippen molar-refractivity contribution in [3.05, 3.63) is 47.5 Å². The first kappa shape index (κ1) is 17.5. The van der Waals surface area contributed by atoms with Crippen molar-refractivity contribution < 1.29 is 9.53 Å². The van der Waals surface area contributed by atoms with Crippen LogP contribution in [0.1, 0.15) is 63.5 Å². The smallest absolute Gasteiger partial charge is 0.243 e. The summed E-state index contributed by atoms with van der Waals surface area (Å²) in [6.45, 7) is 10.8. The number of ether oxygens (including phenoxy) is 1. The highest BCUT2D eigenvalue weighted by Gasteiger charge is 2.30. The average Bonchev–Trinajstić information content (AvgIpc) is 3.13. The van der Waals surface area contributed by atoms with E-state index in [2.05, 4.69) is 44.1 Å². The van der Waals surface area contributed by atoms with E-state index >= 15 is 0 Å². The number of rotatable bonds is 5. The minimum Gasteiger partial charge on any atom is -0.487 e. The molecule has 1 N–H and O–H groups in total. The number of carbonyl (C=O) groups excluding carboxylic acids is 1. The zero-order valence-corrected chi connectivity index (χ0v) is 15.7. The molecule has 0 bridgehead atoms. The van der Waals surface area contributed by atoms with Gasteiger partial charge in [0.15, 0.2) is 0 Å². The molecule has 5 heteroatoms. The molecule has 1 aromatic heterocycles. The number of imidazole rings is 1. The summed E-state index contributed by atoms with van der Waals surface area (Å²) in [7, 11) is 0. The third-order valence-electron chi connectivity index (χ3n) is 4.61. The zero-order valence-electron chi connectivity index (χ0n) is 15.7. The Morgan fingerprint density at radius 1 is 1.36 bits per heavy atom. The molecule has 2 heterocycles. The Labute approximate surface area is 149 Å². The maximum atomic E-state index is 12.5. The third kappa shape index (κ3) is 3.70. The van der Waals surface area contributed by atoms with Crippen molar-refractivity contribution in [3.8, 4) is 5.75 Å². The van der Waals surface area contributed by atoms with Crippen LogP contribution in [0.15, 0.2) is 30.6 Å². The number of hydrogen-bond donors (Lipinski definition) is 1. The van der Waals surface area contributed by atoms with Gasteiger partial charge in [-0.2, -0.15) is 0 Å². The molecule has 1 amide bonds. The van der Waals surface area contributed by atoms with E-state index in [-0.39, 0.29) is 23.5 Å². The lowest BCUT2D eigenvalue weighted by Gasteiger charge is -2.18. The van der Waals surface area contributed by atoms with Crippen LogP contribution in [-0.4, -0.2) is 21.1 Å². The number of nitrogens with zero attached hydrogens (tertiary/aromatic N) is 2. The largest absolute Gasteiger partial charge is 0.487 e. The minimum absolute atomic E-state index is 0.00280. The standard InChI is InChI=1S/C20H27N3O2/c1-13(2)18-21-8-9-23(18)14(3)19(24)22-12-15-6-7-17-16(10-15)11-20(4,5)25-17/h6-10,13-14H,11-12H2,1-5H3,(H,22,24). The van der Waals surface area contributed by atoms with Crippen molar-refractivity contribution in [1.82, 2.24) is 14.9 Å². The fourth-order valence-corrected chi connectivity index (χ4v) is 3.34. The van der Waals surface area contributed by atoms with Crippen LogP contribution in [0.5, 0.6) is 5.75 Å². The summed E-state index contributed by atoms with van der Waals surface area (Å²) in [6, 6.07) is 5.87. The van der Waals surface area contributed by atoms with Crippen molar-refractivity contribution >= 4 is 5.91 Å². The van der Waals surface area contributed by atoms with Gasteiger partial charge in [-0.25, -0.2) is 4.98 Å². The second kappa shape index (κ2) is 6.54. The predicted octanol–water partition coefficient (Wildman–Crippen LogP) is 3.60. The van der Waals surface area contributed by atoms with Gasteiger partial charge in [0, 0.05) is 31.3 Å². The number of fused-ring (bicyclic) bond motifs is 1. The molecule has 0 saturated heterocycles. The van der Waals surface area contributed by atoms with Crippen LogP contribution in [0.4, 0.5) is 0 Å². The van der Waals surface area contributed by atoms with Gasteiger partial charge >= 0.3 is 0 Å². The summed E-state index contributed by atoms with van der Waals surface area (Å²) >= 11 is 0. The molecule has 1 aliphatic heterocycles. The summed E-state index contributed by atoms with van der Waals surface area (Å²) in [4.78, 5) is 16.9. The number of benzene rings is 1. The van der Waals surface area contributed by atoms with Gasteiger partial charge in [-0.15, -0.1) is 0 Å². The summed E-state index contributed by atoms with van der Waals surface area (Å²) in [5.41, 5.74) is 2.16. The Hall–Kier alpha value is -2.30. The molecule has 1 aromatic carbocycles. The first-order valence-electron chi connectivity index (χ1n) is 8.88. The van der Waals surface area contributed by atoms with Gasteiger partial charge in [0.1, 0.15) is 23.2 Å². The van der Waals surface area contributed by atoms with E-state index in [0.717, 1.165) is 23.6 Å². The van der Waals surface area contributed by atoms with Gasteiger partial charge < -0.3 is 14.6 Å². The lowest BCUT2D eigenvalue weighted by atomic mass is 10.0. The van der Waals surface area contributed by atoms with Crippen LogP contribution in [0.25, 0.3) is 0 Å². The maximum absolute atomic E-state index is 12.5. The molecular weight excluding hydrogens is 314 g/mol. The lowest BCUT2D eigenvalue weighted by molar-refractivity contribution is -0.124. The maximum Gasteiger partial charge on any atom is 0.243 e. The Morgan fingerprint density at radius 2 is 2.12 bits per heavy atom. The minimum atomic E-state index is -0.281. The normalized spacial score (nSPS) is 16.4. The Kier molecular flexibility index (Phi) is 4.58. The summed E-state index contributed by atoms with van der Waals surface area (Å²) < 4.78 is 7.84. The highest BCUT2D eigenvalue weighted by Crippen LogP contribution is 2.35. The first-order chi connectivity index (χ1) is 11.8. The van der Waals surface area contributed by atoms with E-state index in [1.807, 2.05) is 29.8 Å². The molecule has 25 heavy (non-hydrogen) atoms. The Bertz CT molecular complexity index is 777.